The fraction of sp³-hybridized carbons (Fsp3) is 0.133. The second-order valence-electron chi connectivity index (χ2n) is 4.22. The van der Waals surface area contributed by atoms with Crippen LogP contribution in [0.2, 0.25) is 0 Å². The van der Waals surface area contributed by atoms with Crippen LogP contribution >= 0.6 is 0 Å². The van der Waals surface area contributed by atoms with Gasteiger partial charge in [0, 0.05) is 11.3 Å². The topological polar surface area (TPSA) is 87.6 Å². The summed E-state index contributed by atoms with van der Waals surface area (Å²) < 4.78 is 10.5. The molecule has 0 aliphatic rings. The third-order valence-corrected chi connectivity index (χ3v) is 2.97. The molecule has 0 radical (unpaired) electrons. The van der Waals surface area contributed by atoms with Gasteiger partial charge >= 0.3 is 0 Å². The van der Waals surface area contributed by atoms with Crippen molar-refractivity contribution >= 4 is 17.2 Å². The monoisotopic (exact) mass is 272 g/mol. The van der Waals surface area contributed by atoms with Gasteiger partial charge in [-0.3, -0.25) is 4.79 Å². The molecule has 0 atom stereocenters. The van der Waals surface area contributed by atoms with Crippen molar-refractivity contribution in [3.05, 3.63) is 47.5 Å². The van der Waals surface area contributed by atoms with Gasteiger partial charge in [-0.1, -0.05) is 0 Å². The van der Waals surface area contributed by atoms with E-state index in [0.717, 1.165) is 0 Å². The van der Waals surface area contributed by atoms with Gasteiger partial charge < -0.3 is 20.9 Å². The van der Waals surface area contributed by atoms with E-state index in [4.69, 9.17) is 20.9 Å². The predicted octanol–water partition coefficient (Wildman–Crippen LogP) is 2.10. The molecular weight excluding hydrogens is 256 g/mol. The van der Waals surface area contributed by atoms with Gasteiger partial charge in [-0.25, -0.2) is 0 Å². The number of benzene rings is 2. The van der Waals surface area contributed by atoms with E-state index >= 15 is 0 Å². The lowest BCUT2D eigenvalue weighted by atomic mass is 10.0. The molecule has 0 spiro atoms. The number of nitrogen functional groups attached to an aromatic ring is 2. The van der Waals surface area contributed by atoms with Crippen molar-refractivity contribution < 1.29 is 14.3 Å². The van der Waals surface area contributed by atoms with Gasteiger partial charge in [0.05, 0.1) is 25.5 Å². The van der Waals surface area contributed by atoms with E-state index in [0.29, 0.717) is 34.0 Å². The Morgan fingerprint density at radius 3 is 2.05 bits per heavy atom. The van der Waals surface area contributed by atoms with Crippen molar-refractivity contribution in [1.82, 2.24) is 0 Å². The molecule has 20 heavy (non-hydrogen) atoms. The Labute approximate surface area is 117 Å². The predicted molar refractivity (Wildman–Crippen MR) is 78.2 cm³/mol. The molecule has 0 aromatic heterocycles. The van der Waals surface area contributed by atoms with Gasteiger partial charge in [-0.15, -0.1) is 0 Å². The standard InChI is InChI=1S/C15H16N2O3/c1-19-14-11(7-8-12(17)15(14)20-2)13(18)9-3-5-10(16)6-4-9/h3-8H,16-17H2,1-2H3. The number of carbonyl (C=O) groups excluding carboxylic acids is 1. The molecule has 0 amide bonds. The summed E-state index contributed by atoms with van der Waals surface area (Å²) in [5.74, 6) is 0.503. The summed E-state index contributed by atoms with van der Waals surface area (Å²) >= 11 is 0. The normalized spacial score (nSPS) is 10.1. The number of anilines is 2. The summed E-state index contributed by atoms with van der Waals surface area (Å²) in [7, 11) is 2.95. The highest BCUT2D eigenvalue weighted by atomic mass is 16.5. The zero-order chi connectivity index (χ0) is 14.7. The van der Waals surface area contributed by atoms with E-state index in [-0.39, 0.29) is 5.78 Å². The molecule has 2 rings (SSSR count). The van der Waals surface area contributed by atoms with Gasteiger partial charge in [-0.2, -0.15) is 0 Å². The van der Waals surface area contributed by atoms with Crippen LogP contribution in [-0.4, -0.2) is 20.0 Å². The number of methoxy groups -OCH3 is 2. The van der Waals surface area contributed by atoms with Gasteiger partial charge in [0.15, 0.2) is 17.3 Å². The Morgan fingerprint density at radius 1 is 0.900 bits per heavy atom. The number of hydrogen-bond donors (Lipinski definition) is 2. The van der Waals surface area contributed by atoms with E-state index in [1.165, 1.54) is 14.2 Å². The van der Waals surface area contributed by atoms with E-state index in [1.807, 2.05) is 0 Å². The van der Waals surface area contributed by atoms with E-state index in [2.05, 4.69) is 0 Å². The zero-order valence-electron chi connectivity index (χ0n) is 11.3. The molecule has 2 aromatic carbocycles. The number of ketones is 1. The first kappa shape index (κ1) is 13.7. The first-order chi connectivity index (χ1) is 9.58. The van der Waals surface area contributed by atoms with Crippen LogP contribution in [0, 0.1) is 0 Å². The van der Waals surface area contributed by atoms with Gasteiger partial charge in [0.1, 0.15) is 0 Å². The molecule has 0 aliphatic carbocycles. The van der Waals surface area contributed by atoms with E-state index in [9.17, 15) is 4.79 Å². The van der Waals surface area contributed by atoms with Crippen molar-refractivity contribution in [3.63, 3.8) is 0 Å². The Kier molecular flexibility index (Phi) is 3.79. The molecule has 0 unspecified atom stereocenters. The maximum Gasteiger partial charge on any atom is 0.196 e. The maximum atomic E-state index is 12.5. The molecule has 5 heteroatoms. The van der Waals surface area contributed by atoms with Crippen LogP contribution in [0.4, 0.5) is 11.4 Å². The Morgan fingerprint density at radius 2 is 1.50 bits per heavy atom. The highest BCUT2D eigenvalue weighted by Gasteiger charge is 2.19. The molecule has 0 aliphatic heterocycles. The van der Waals surface area contributed by atoms with E-state index in [1.54, 1.807) is 36.4 Å². The third kappa shape index (κ3) is 2.38. The van der Waals surface area contributed by atoms with E-state index < -0.39 is 0 Å². The summed E-state index contributed by atoms with van der Waals surface area (Å²) in [5, 5.41) is 0. The van der Waals surface area contributed by atoms with Crippen LogP contribution < -0.4 is 20.9 Å². The van der Waals surface area contributed by atoms with Crippen molar-refractivity contribution in [2.75, 3.05) is 25.7 Å². The SMILES string of the molecule is COc1c(N)ccc(C(=O)c2ccc(N)cc2)c1OC. The summed E-state index contributed by atoms with van der Waals surface area (Å²) in [4.78, 5) is 12.5. The Balaban J connectivity index is 2.52. The average molecular weight is 272 g/mol. The minimum Gasteiger partial charge on any atom is -0.492 e. The summed E-state index contributed by atoms with van der Waals surface area (Å²) in [5.41, 5.74) is 13.3. The number of hydrogen-bond acceptors (Lipinski definition) is 5. The lowest BCUT2D eigenvalue weighted by Gasteiger charge is -2.14. The number of carbonyl (C=O) groups is 1. The first-order valence-electron chi connectivity index (χ1n) is 5.99. The zero-order valence-corrected chi connectivity index (χ0v) is 11.3. The van der Waals surface area contributed by atoms with Crippen LogP contribution in [0.1, 0.15) is 15.9 Å². The molecule has 5 nitrogen and oxygen atoms in total. The second kappa shape index (κ2) is 5.52. The number of ether oxygens (including phenoxy) is 2. The summed E-state index contributed by atoms with van der Waals surface area (Å²) in [6.45, 7) is 0. The minimum absolute atomic E-state index is 0.180. The lowest BCUT2D eigenvalue weighted by Crippen LogP contribution is -2.06. The molecule has 4 N–H and O–H groups in total. The first-order valence-corrected chi connectivity index (χ1v) is 5.99. The lowest BCUT2D eigenvalue weighted by molar-refractivity contribution is 0.103. The average Bonchev–Trinajstić information content (AvgIpc) is 2.46. The van der Waals surface area contributed by atoms with Crippen LogP contribution in [0.25, 0.3) is 0 Å². The fourth-order valence-corrected chi connectivity index (χ4v) is 1.96. The van der Waals surface area contributed by atoms with Crippen LogP contribution in [0.15, 0.2) is 36.4 Å². The smallest absolute Gasteiger partial charge is 0.196 e. The maximum absolute atomic E-state index is 12.5. The molecule has 0 saturated carbocycles. The Hall–Kier alpha value is -2.69. The third-order valence-electron chi connectivity index (χ3n) is 2.97. The molecule has 0 fully saturated rings. The largest absolute Gasteiger partial charge is 0.492 e. The molecule has 2 aromatic rings. The van der Waals surface area contributed by atoms with Crippen molar-refractivity contribution in [2.45, 2.75) is 0 Å². The summed E-state index contributed by atoms with van der Waals surface area (Å²) in [6.07, 6.45) is 0. The molecule has 0 heterocycles. The van der Waals surface area contributed by atoms with Gasteiger partial charge in [0.2, 0.25) is 0 Å². The minimum atomic E-state index is -0.180. The van der Waals surface area contributed by atoms with Crippen LogP contribution in [-0.2, 0) is 0 Å². The van der Waals surface area contributed by atoms with Gasteiger partial charge in [0.25, 0.3) is 0 Å². The fourth-order valence-electron chi connectivity index (χ4n) is 1.96. The highest BCUT2D eigenvalue weighted by molar-refractivity contribution is 6.11. The van der Waals surface area contributed by atoms with Crippen molar-refractivity contribution in [1.29, 1.82) is 0 Å². The molecule has 0 saturated heterocycles. The molecular formula is C15H16N2O3. The van der Waals surface area contributed by atoms with Crippen molar-refractivity contribution in [2.24, 2.45) is 0 Å². The molecule has 0 bridgehead atoms. The highest BCUT2D eigenvalue weighted by Crippen LogP contribution is 2.37. The number of rotatable bonds is 4. The van der Waals surface area contributed by atoms with Crippen molar-refractivity contribution in [3.8, 4) is 11.5 Å². The van der Waals surface area contributed by atoms with Crippen LogP contribution in [0.5, 0.6) is 11.5 Å². The second-order valence-corrected chi connectivity index (χ2v) is 4.22. The molecule has 104 valence electrons. The van der Waals surface area contributed by atoms with Gasteiger partial charge in [-0.05, 0) is 36.4 Å². The quantitative estimate of drug-likeness (QED) is 0.657. The summed E-state index contributed by atoms with van der Waals surface area (Å²) in [6, 6.07) is 9.92. The Bertz CT molecular complexity index is 636. The number of nitrogens with two attached hydrogens (primary N) is 2. The van der Waals surface area contributed by atoms with Crippen LogP contribution in [0.3, 0.4) is 0 Å².